The van der Waals surface area contributed by atoms with Gasteiger partial charge in [-0.3, -0.25) is 9.78 Å². The van der Waals surface area contributed by atoms with Crippen molar-refractivity contribution >= 4 is 38.7 Å². The molecule has 3 heterocycles. The van der Waals surface area contributed by atoms with Crippen LogP contribution in [-0.4, -0.2) is 30.8 Å². The number of phenols is 1. The first-order valence-electron chi connectivity index (χ1n) is 11.0. The molecule has 8 heteroatoms. The fraction of sp³-hybridized carbons (Fsp3) is 0.280. The zero-order valence-corrected chi connectivity index (χ0v) is 20.2. The number of amides is 1. The largest absolute Gasteiger partial charge is 0.508 e. The minimum Gasteiger partial charge on any atom is -0.508 e. The van der Waals surface area contributed by atoms with E-state index >= 15 is 0 Å². The summed E-state index contributed by atoms with van der Waals surface area (Å²) in [6.45, 7) is 5.15. The average molecular weight is 508 g/mol. The summed E-state index contributed by atoms with van der Waals surface area (Å²) in [5.41, 5.74) is 2.78. The van der Waals surface area contributed by atoms with E-state index in [2.05, 4.69) is 40.1 Å². The van der Waals surface area contributed by atoms with Crippen molar-refractivity contribution in [3.05, 3.63) is 64.9 Å². The van der Waals surface area contributed by atoms with Gasteiger partial charge in [-0.1, -0.05) is 26.7 Å². The van der Waals surface area contributed by atoms with Crippen molar-refractivity contribution in [3.8, 4) is 17.0 Å². The maximum Gasteiger partial charge on any atom is 0.258 e. The summed E-state index contributed by atoms with van der Waals surface area (Å²) in [6.07, 6.45) is 6.37. The van der Waals surface area contributed by atoms with E-state index < -0.39 is 0 Å². The van der Waals surface area contributed by atoms with Gasteiger partial charge < -0.3 is 10.4 Å². The molecule has 1 aromatic carbocycles. The molecule has 0 bridgehead atoms. The number of carbonyl (C=O) groups excluding carboxylic acids is 1. The molecule has 0 saturated heterocycles. The van der Waals surface area contributed by atoms with Crippen LogP contribution in [-0.2, 0) is 6.54 Å². The van der Waals surface area contributed by atoms with E-state index in [4.69, 9.17) is 10.1 Å². The van der Waals surface area contributed by atoms with Gasteiger partial charge in [0.25, 0.3) is 5.91 Å². The van der Waals surface area contributed by atoms with Gasteiger partial charge in [0.15, 0.2) is 11.5 Å². The highest BCUT2D eigenvalue weighted by Gasteiger charge is 2.18. The summed E-state index contributed by atoms with van der Waals surface area (Å²) in [4.78, 5) is 21.7. The monoisotopic (exact) mass is 507 g/mol. The zero-order valence-electron chi connectivity index (χ0n) is 18.6. The quantitative estimate of drug-likeness (QED) is 0.283. The van der Waals surface area contributed by atoms with Crippen LogP contribution >= 0.6 is 15.9 Å². The molecule has 4 aromatic rings. The Kier molecular flexibility index (Phi) is 7.03. The molecule has 170 valence electrons. The molecule has 0 saturated carbocycles. The number of halogens is 1. The number of aromatic nitrogens is 4. The Balaban J connectivity index is 1.72. The van der Waals surface area contributed by atoms with Gasteiger partial charge in [-0.15, -0.1) is 0 Å². The van der Waals surface area contributed by atoms with Crippen LogP contribution < -0.4 is 5.32 Å². The third kappa shape index (κ3) is 5.39. The number of unbranched alkanes of at least 4 members (excludes halogenated alkanes) is 1. The number of anilines is 1. The van der Waals surface area contributed by atoms with Crippen molar-refractivity contribution in [1.29, 1.82) is 0 Å². The van der Waals surface area contributed by atoms with Gasteiger partial charge in [-0.25, -0.2) is 9.67 Å². The van der Waals surface area contributed by atoms with Gasteiger partial charge >= 0.3 is 0 Å². The molecular formula is C25H26BrN5O2. The van der Waals surface area contributed by atoms with Crippen LogP contribution in [0.1, 0.15) is 43.5 Å². The molecule has 4 rings (SSSR count). The van der Waals surface area contributed by atoms with Crippen LogP contribution in [0.15, 0.2) is 59.3 Å². The van der Waals surface area contributed by atoms with E-state index in [9.17, 15) is 9.90 Å². The molecule has 0 aliphatic rings. The lowest BCUT2D eigenvalue weighted by molar-refractivity contribution is 0.102. The van der Waals surface area contributed by atoms with Gasteiger partial charge in [0.1, 0.15) is 5.75 Å². The van der Waals surface area contributed by atoms with Crippen molar-refractivity contribution in [1.82, 2.24) is 19.7 Å². The molecule has 0 spiro atoms. The van der Waals surface area contributed by atoms with Crippen LogP contribution in [0.2, 0.25) is 0 Å². The fourth-order valence-corrected chi connectivity index (χ4v) is 4.18. The van der Waals surface area contributed by atoms with Gasteiger partial charge in [0.05, 0.1) is 16.6 Å². The topological polar surface area (TPSA) is 92.9 Å². The molecular weight excluding hydrogens is 482 g/mol. The number of pyridine rings is 2. The maximum atomic E-state index is 12.8. The summed E-state index contributed by atoms with van der Waals surface area (Å²) in [6, 6.07) is 12.3. The highest BCUT2D eigenvalue weighted by atomic mass is 79.9. The minimum absolute atomic E-state index is 0.201. The summed E-state index contributed by atoms with van der Waals surface area (Å²) >= 11 is 3.62. The van der Waals surface area contributed by atoms with Gasteiger partial charge in [-0.05, 0) is 70.7 Å². The molecule has 1 amide bonds. The molecule has 7 nitrogen and oxygen atoms in total. The molecule has 0 aliphatic heterocycles. The zero-order chi connectivity index (χ0) is 23.4. The predicted octanol–water partition coefficient (Wildman–Crippen LogP) is 6.04. The lowest BCUT2D eigenvalue weighted by Crippen LogP contribution is -2.13. The van der Waals surface area contributed by atoms with Crippen LogP contribution in [0.5, 0.6) is 5.75 Å². The van der Waals surface area contributed by atoms with Crippen molar-refractivity contribution in [2.24, 2.45) is 5.92 Å². The highest BCUT2D eigenvalue weighted by molar-refractivity contribution is 9.10. The second-order valence-electron chi connectivity index (χ2n) is 8.39. The Morgan fingerprint density at radius 1 is 1.18 bits per heavy atom. The normalized spacial score (nSPS) is 11.3. The van der Waals surface area contributed by atoms with E-state index in [0.29, 0.717) is 29.5 Å². The first kappa shape index (κ1) is 22.9. The van der Waals surface area contributed by atoms with Crippen LogP contribution in [0.4, 0.5) is 5.82 Å². The number of benzene rings is 1. The van der Waals surface area contributed by atoms with Crippen LogP contribution in [0.3, 0.4) is 0 Å². The number of fused-ring (bicyclic) bond motifs is 1. The summed E-state index contributed by atoms with van der Waals surface area (Å²) < 4.78 is 2.64. The molecule has 2 N–H and O–H groups in total. The molecule has 33 heavy (non-hydrogen) atoms. The molecule has 0 fully saturated rings. The second kappa shape index (κ2) is 10.1. The Hall–Kier alpha value is -3.26. The number of rotatable bonds is 8. The smallest absolute Gasteiger partial charge is 0.258 e. The number of phenolic OH excluding ortho intramolecular Hbond substituents is 1. The van der Waals surface area contributed by atoms with E-state index in [-0.39, 0.29) is 11.7 Å². The lowest BCUT2D eigenvalue weighted by atomic mass is 10.1. The van der Waals surface area contributed by atoms with Gasteiger partial charge in [-0.2, -0.15) is 5.10 Å². The summed E-state index contributed by atoms with van der Waals surface area (Å²) in [5.74, 6) is 1.05. The number of aryl methyl sites for hydroxylation is 1. The molecule has 0 atom stereocenters. The highest BCUT2D eigenvalue weighted by Crippen LogP contribution is 2.33. The molecule has 0 radical (unpaired) electrons. The minimum atomic E-state index is -0.270. The van der Waals surface area contributed by atoms with E-state index in [1.807, 2.05) is 22.9 Å². The van der Waals surface area contributed by atoms with Crippen molar-refractivity contribution in [3.63, 3.8) is 0 Å². The number of nitrogens with one attached hydrogen (secondary N) is 1. The predicted molar refractivity (Wildman–Crippen MR) is 133 cm³/mol. The molecule has 3 aromatic heterocycles. The Bertz CT molecular complexity index is 1250. The average Bonchev–Trinajstić information content (AvgIpc) is 3.13. The second-order valence-corrected chi connectivity index (χ2v) is 9.25. The first-order chi connectivity index (χ1) is 15.9. The number of hydrogen-bond acceptors (Lipinski definition) is 5. The van der Waals surface area contributed by atoms with Crippen LogP contribution in [0.25, 0.3) is 22.3 Å². The SMILES string of the molecule is CC(C)CCCCn1nc(NC(=O)c2cccnc2)c2cc(Br)c(-c3ccc(O)cc3)nc21. The third-order valence-corrected chi connectivity index (χ3v) is 5.98. The van der Waals surface area contributed by atoms with E-state index in [1.165, 1.54) is 6.20 Å². The number of carbonyl (C=O) groups is 1. The summed E-state index contributed by atoms with van der Waals surface area (Å²) in [5, 5.41) is 18.0. The lowest BCUT2D eigenvalue weighted by Gasteiger charge is -2.08. The Labute approximate surface area is 201 Å². The molecule has 0 unspecified atom stereocenters. The summed E-state index contributed by atoms with van der Waals surface area (Å²) in [7, 11) is 0. The first-order valence-corrected chi connectivity index (χ1v) is 11.8. The van der Waals surface area contributed by atoms with E-state index in [0.717, 1.165) is 40.4 Å². The van der Waals surface area contributed by atoms with E-state index in [1.54, 1.807) is 30.5 Å². The Morgan fingerprint density at radius 3 is 2.67 bits per heavy atom. The molecule has 0 aliphatic carbocycles. The fourth-order valence-electron chi connectivity index (χ4n) is 3.63. The van der Waals surface area contributed by atoms with Gasteiger partial charge in [0, 0.05) is 29.0 Å². The third-order valence-electron chi connectivity index (χ3n) is 5.37. The number of hydrogen-bond donors (Lipinski definition) is 2. The number of nitrogens with zero attached hydrogens (tertiary/aromatic N) is 4. The van der Waals surface area contributed by atoms with Crippen LogP contribution in [0, 0.1) is 5.92 Å². The van der Waals surface area contributed by atoms with Crippen molar-refractivity contribution in [2.45, 2.75) is 39.7 Å². The Morgan fingerprint density at radius 2 is 1.97 bits per heavy atom. The standard InChI is InChI=1S/C25H26BrN5O2/c1-16(2)6-3-4-13-31-24-20(23(30-31)29-25(33)18-7-5-12-27-15-18)14-21(26)22(28-24)17-8-10-19(32)11-9-17/h5,7-12,14-16,32H,3-4,6,13H2,1-2H3,(H,29,30,33). The van der Waals surface area contributed by atoms with Crippen molar-refractivity contribution < 1.29 is 9.90 Å². The van der Waals surface area contributed by atoms with Crippen molar-refractivity contribution in [2.75, 3.05) is 5.32 Å². The van der Waals surface area contributed by atoms with Gasteiger partial charge in [0.2, 0.25) is 0 Å². The number of aromatic hydroxyl groups is 1. The maximum absolute atomic E-state index is 12.8.